The molecule has 1 saturated carbocycles. The van der Waals surface area contributed by atoms with Crippen molar-refractivity contribution >= 4 is 29.7 Å². The molecule has 1 aliphatic carbocycles. The Kier molecular flexibility index (Phi) is 5.59. The van der Waals surface area contributed by atoms with Gasteiger partial charge in [0, 0.05) is 27.4 Å². The van der Waals surface area contributed by atoms with Crippen LogP contribution in [0.25, 0.3) is 0 Å². The molecular weight excluding hydrogens is 384 g/mol. The van der Waals surface area contributed by atoms with E-state index < -0.39 is 0 Å². The number of hydrogen-bond donors (Lipinski definition) is 3. The van der Waals surface area contributed by atoms with E-state index in [1.807, 2.05) is 24.3 Å². The van der Waals surface area contributed by atoms with Crippen LogP contribution in [-0.4, -0.2) is 0 Å². The molecule has 2 unspecified atom stereocenters. The fourth-order valence-corrected chi connectivity index (χ4v) is 5.71. The molecule has 0 amide bonds. The van der Waals surface area contributed by atoms with E-state index in [-0.39, 0.29) is 5.41 Å². The van der Waals surface area contributed by atoms with Crippen LogP contribution in [0.3, 0.4) is 0 Å². The van der Waals surface area contributed by atoms with Crippen molar-refractivity contribution in [1.29, 1.82) is 0 Å². The number of nitrogens with one attached hydrogen (secondary N) is 1. The lowest BCUT2D eigenvalue weighted by Gasteiger charge is -2.48. The number of nitrogen functional groups attached to an aromatic ring is 1. The Morgan fingerprint density at radius 1 is 0.800 bits per heavy atom. The highest BCUT2D eigenvalue weighted by Crippen LogP contribution is 2.53. The molecule has 1 aliphatic rings. The molecule has 0 radical (unpaired) electrons. The summed E-state index contributed by atoms with van der Waals surface area (Å²) in [5, 5.41) is 3.50. The summed E-state index contributed by atoms with van der Waals surface area (Å²) >= 11 is 4.37. The second-order valence-electron chi connectivity index (χ2n) is 9.81. The summed E-state index contributed by atoms with van der Waals surface area (Å²) in [6.45, 7) is 7.22. The standard InChI is InChI=1S/C27H32N2S/c1-19-16-26(2,3)18-27(17-19,20-4-8-22(28)9-5-20)21-6-10-23(11-7-21)29-24-12-14-25(30)15-13-24/h4-15,19,29-30H,16-18,28H2,1-3H3. The Balaban J connectivity index is 1.70. The second-order valence-corrected chi connectivity index (χ2v) is 10.3. The first-order valence-electron chi connectivity index (χ1n) is 10.8. The summed E-state index contributed by atoms with van der Waals surface area (Å²) < 4.78 is 0. The molecule has 3 aromatic rings. The zero-order valence-corrected chi connectivity index (χ0v) is 19.0. The van der Waals surface area contributed by atoms with Gasteiger partial charge >= 0.3 is 0 Å². The van der Waals surface area contributed by atoms with Crippen molar-refractivity contribution in [3.05, 3.63) is 83.9 Å². The van der Waals surface area contributed by atoms with Crippen molar-refractivity contribution < 1.29 is 0 Å². The fourth-order valence-electron chi connectivity index (χ4n) is 5.56. The molecular formula is C27H32N2S. The van der Waals surface area contributed by atoms with E-state index in [0.717, 1.165) is 34.8 Å². The molecule has 2 atom stereocenters. The van der Waals surface area contributed by atoms with E-state index in [1.54, 1.807) is 0 Å². The first-order chi connectivity index (χ1) is 14.3. The van der Waals surface area contributed by atoms with Gasteiger partial charge in [0.2, 0.25) is 0 Å². The number of nitrogens with two attached hydrogens (primary N) is 1. The molecule has 0 saturated heterocycles. The number of thiol groups is 1. The van der Waals surface area contributed by atoms with Crippen LogP contribution in [0.2, 0.25) is 0 Å². The van der Waals surface area contributed by atoms with Gasteiger partial charge < -0.3 is 11.1 Å². The van der Waals surface area contributed by atoms with Crippen molar-refractivity contribution in [2.24, 2.45) is 11.3 Å². The molecule has 0 heterocycles. The lowest BCUT2D eigenvalue weighted by molar-refractivity contribution is 0.127. The highest BCUT2D eigenvalue weighted by molar-refractivity contribution is 7.80. The predicted octanol–water partition coefficient (Wildman–Crippen LogP) is 7.43. The molecule has 0 aliphatic heterocycles. The minimum Gasteiger partial charge on any atom is -0.399 e. The van der Waals surface area contributed by atoms with Crippen LogP contribution in [0, 0.1) is 11.3 Å². The van der Waals surface area contributed by atoms with Crippen LogP contribution in [0.5, 0.6) is 0 Å². The van der Waals surface area contributed by atoms with Crippen molar-refractivity contribution in [2.45, 2.75) is 50.3 Å². The summed E-state index contributed by atoms with van der Waals surface area (Å²) in [6, 6.07) is 25.7. The van der Waals surface area contributed by atoms with Crippen LogP contribution in [-0.2, 0) is 5.41 Å². The van der Waals surface area contributed by atoms with Crippen molar-refractivity contribution in [1.82, 2.24) is 0 Å². The van der Waals surface area contributed by atoms with E-state index in [0.29, 0.717) is 11.3 Å². The van der Waals surface area contributed by atoms with Gasteiger partial charge in [0.25, 0.3) is 0 Å². The largest absolute Gasteiger partial charge is 0.399 e. The molecule has 30 heavy (non-hydrogen) atoms. The zero-order chi connectivity index (χ0) is 21.4. The summed E-state index contributed by atoms with van der Waals surface area (Å²) in [6.07, 6.45) is 3.57. The van der Waals surface area contributed by atoms with Crippen molar-refractivity contribution in [3.63, 3.8) is 0 Å². The van der Waals surface area contributed by atoms with Gasteiger partial charge in [-0.2, -0.15) is 0 Å². The Hall–Kier alpha value is -2.39. The van der Waals surface area contributed by atoms with Gasteiger partial charge in [-0.3, -0.25) is 0 Å². The zero-order valence-electron chi connectivity index (χ0n) is 18.2. The molecule has 0 spiro atoms. The fraction of sp³-hybridized carbons (Fsp3) is 0.333. The van der Waals surface area contributed by atoms with Gasteiger partial charge in [-0.15, -0.1) is 12.6 Å². The smallest absolute Gasteiger partial charge is 0.0384 e. The van der Waals surface area contributed by atoms with Crippen LogP contribution < -0.4 is 11.1 Å². The van der Waals surface area contributed by atoms with Gasteiger partial charge in [-0.05, 0) is 90.3 Å². The third-order valence-corrected chi connectivity index (χ3v) is 6.73. The second kappa shape index (κ2) is 8.03. The molecule has 0 bridgehead atoms. The number of anilines is 3. The van der Waals surface area contributed by atoms with Crippen LogP contribution in [0.4, 0.5) is 17.1 Å². The van der Waals surface area contributed by atoms with E-state index >= 15 is 0 Å². The van der Waals surface area contributed by atoms with E-state index in [4.69, 9.17) is 5.73 Å². The SMILES string of the molecule is CC1CC(C)(C)CC(c2ccc(N)cc2)(c2ccc(Nc3ccc(S)cc3)cc2)C1. The lowest BCUT2D eigenvalue weighted by Crippen LogP contribution is -2.41. The Morgan fingerprint density at radius 2 is 1.30 bits per heavy atom. The minimum absolute atomic E-state index is 0.0150. The predicted molar refractivity (Wildman–Crippen MR) is 132 cm³/mol. The van der Waals surface area contributed by atoms with E-state index in [9.17, 15) is 0 Å². The topological polar surface area (TPSA) is 38.0 Å². The summed E-state index contributed by atoms with van der Waals surface area (Å²) in [5.41, 5.74) is 12.1. The molecule has 3 N–H and O–H groups in total. The highest BCUT2D eigenvalue weighted by atomic mass is 32.1. The normalized spacial score (nSPS) is 23.1. The Morgan fingerprint density at radius 3 is 1.83 bits per heavy atom. The first kappa shape index (κ1) is 20.9. The van der Waals surface area contributed by atoms with Gasteiger partial charge in [-0.1, -0.05) is 45.0 Å². The van der Waals surface area contributed by atoms with Gasteiger partial charge in [-0.25, -0.2) is 0 Å². The quantitative estimate of drug-likeness (QED) is 0.305. The third-order valence-electron chi connectivity index (χ3n) is 6.44. The van der Waals surface area contributed by atoms with Crippen molar-refractivity contribution in [2.75, 3.05) is 11.1 Å². The molecule has 156 valence electrons. The number of hydrogen-bond acceptors (Lipinski definition) is 3. The highest BCUT2D eigenvalue weighted by Gasteiger charge is 2.45. The summed E-state index contributed by atoms with van der Waals surface area (Å²) in [5.74, 6) is 0.670. The van der Waals surface area contributed by atoms with Crippen LogP contribution in [0.15, 0.2) is 77.7 Å². The monoisotopic (exact) mass is 416 g/mol. The van der Waals surface area contributed by atoms with E-state index in [2.05, 4.69) is 87.2 Å². The maximum absolute atomic E-state index is 6.01. The van der Waals surface area contributed by atoms with Crippen LogP contribution in [0.1, 0.15) is 51.2 Å². The molecule has 2 nitrogen and oxygen atoms in total. The average Bonchev–Trinajstić information content (AvgIpc) is 2.69. The Bertz CT molecular complexity index is 991. The average molecular weight is 417 g/mol. The minimum atomic E-state index is 0.0150. The molecule has 4 rings (SSSR count). The Labute approximate surface area is 186 Å². The third kappa shape index (κ3) is 4.37. The van der Waals surface area contributed by atoms with Gasteiger partial charge in [0.15, 0.2) is 0 Å². The number of rotatable bonds is 4. The molecule has 0 aromatic heterocycles. The number of benzene rings is 3. The first-order valence-corrected chi connectivity index (χ1v) is 11.2. The maximum atomic E-state index is 6.01. The van der Waals surface area contributed by atoms with Crippen LogP contribution >= 0.6 is 12.6 Å². The summed E-state index contributed by atoms with van der Waals surface area (Å²) in [7, 11) is 0. The van der Waals surface area contributed by atoms with Gasteiger partial charge in [0.05, 0.1) is 0 Å². The molecule has 1 fully saturated rings. The lowest BCUT2D eigenvalue weighted by atomic mass is 9.55. The summed E-state index contributed by atoms with van der Waals surface area (Å²) in [4.78, 5) is 0.968. The van der Waals surface area contributed by atoms with E-state index in [1.165, 1.54) is 17.5 Å². The molecule has 3 heteroatoms. The van der Waals surface area contributed by atoms with Gasteiger partial charge in [0.1, 0.15) is 0 Å². The molecule has 3 aromatic carbocycles. The maximum Gasteiger partial charge on any atom is 0.0384 e. The van der Waals surface area contributed by atoms with Crippen molar-refractivity contribution in [3.8, 4) is 0 Å².